The summed E-state index contributed by atoms with van der Waals surface area (Å²) in [6.45, 7) is 3.98. The molecule has 0 heterocycles. The summed E-state index contributed by atoms with van der Waals surface area (Å²) in [4.78, 5) is 24.7. The molecule has 0 saturated carbocycles. The highest BCUT2D eigenvalue weighted by atomic mass is 32.2. The molecule has 0 bridgehead atoms. The van der Waals surface area contributed by atoms with E-state index in [-0.39, 0.29) is 11.7 Å². The molecule has 0 radical (unpaired) electrons. The van der Waals surface area contributed by atoms with Gasteiger partial charge in [-0.15, -0.1) is 11.8 Å². The van der Waals surface area contributed by atoms with Crippen LogP contribution in [-0.2, 0) is 4.79 Å². The van der Waals surface area contributed by atoms with Gasteiger partial charge >= 0.3 is 0 Å². The quantitative estimate of drug-likeness (QED) is 0.592. The summed E-state index contributed by atoms with van der Waals surface area (Å²) >= 11 is 1.50. The summed E-state index contributed by atoms with van der Waals surface area (Å²) < 4.78 is 0. The monoisotopic (exact) mass is 327 g/mol. The summed E-state index contributed by atoms with van der Waals surface area (Å²) in [6, 6.07) is 15.2. The van der Waals surface area contributed by atoms with E-state index in [4.69, 9.17) is 0 Å². The van der Waals surface area contributed by atoms with E-state index in [1.54, 1.807) is 0 Å². The summed E-state index contributed by atoms with van der Waals surface area (Å²) in [5.74, 6) is 0.558. The number of rotatable bonds is 7. The van der Waals surface area contributed by atoms with Crippen molar-refractivity contribution in [3.05, 3.63) is 59.7 Å². The molecule has 120 valence electrons. The van der Waals surface area contributed by atoms with Crippen LogP contribution >= 0.6 is 11.8 Å². The number of carbonyl (C=O) groups is 2. The van der Waals surface area contributed by atoms with Crippen LogP contribution in [0.15, 0.2) is 53.4 Å². The first-order valence-electron chi connectivity index (χ1n) is 7.71. The first kappa shape index (κ1) is 17.3. The largest absolute Gasteiger partial charge is 0.326 e. The highest BCUT2D eigenvalue weighted by Gasteiger charge is 2.07. The molecule has 0 aliphatic rings. The van der Waals surface area contributed by atoms with E-state index in [0.717, 1.165) is 28.1 Å². The molecule has 3 nitrogen and oxygen atoms in total. The zero-order valence-electron chi connectivity index (χ0n) is 13.5. The van der Waals surface area contributed by atoms with Crippen LogP contribution in [0.4, 0.5) is 5.69 Å². The standard InChI is InChI=1S/C19H21NO2S/c1-3-4-19(22)20-16-9-11-17(12-10-16)23-13-18(21)15-7-5-14(2)6-8-15/h5-12H,3-4,13H2,1-2H3,(H,20,22). The number of nitrogens with one attached hydrogen (secondary N) is 1. The van der Waals surface area contributed by atoms with Gasteiger partial charge in [0.2, 0.25) is 5.91 Å². The molecule has 0 aliphatic heterocycles. The summed E-state index contributed by atoms with van der Waals surface area (Å²) in [6.07, 6.45) is 1.36. The normalized spacial score (nSPS) is 10.3. The van der Waals surface area contributed by atoms with Crippen molar-refractivity contribution < 1.29 is 9.59 Å². The van der Waals surface area contributed by atoms with Gasteiger partial charge in [-0.3, -0.25) is 9.59 Å². The highest BCUT2D eigenvalue weighted by Crippen LogP contribution is 2.21. The van der Waals surface area contributed by atoms with Crippen LogP contribution in [-0.4, -0.2) is 17.4 Å². The molecule has 1 N–H and O–H groups in total. The third kappa shape index (κ3) is 5.57. The molecule has 0 aromatic heterocycles. The lowest BCUT2D eigenvalue weighted by atomic mass is 10.1. The molecule has 23 heavy (non-hydrogen) atoms. The van der Waals surface area contributed by atoms with Crippen molar-refractivity contribution >= 4 is 29.1 Å². The van der Waals surface area contributed by atoms with Crippen LogP contribution in [0, 0.1) is 6.92 Å². The average molecular weight is 327 g/mol. The summed E-state index contributed by atoms with van der Waals surface area (Å²) in [5.41, 5.74) is 2.68. The minimum absolute atomic E-state index is 0.0300. The third-order valence-electron chi connectivity index (χ3n) is 3.36. The van der Waals surface area contributed by atoms with E-state index < -0.39 is 0 Å². The van der Waals surface area contributed by atoms with E-state index in [0.29, 0.717) is 12.2 Å². The second-order valence-corrected chi connectivity index (χ2v) is 6.45. The van der Waals surface area contributed by atoms with E-state index in [2.05, 4.69) is 5.32 Å². The topological polar surface area (TPSA) is 46.2 Å². The first-order valence-corrected chi connectivity index (χ1v) is 8.69. The van der Waals surface area contributed by atoms with Gasteiger partial charge in [-0.25, -0.2) is 0 Å². The van der Waals surface area contributed by atoms with Crippen molar-refractivity contribution in [1.29, 1.82) is 0 Å². The van der Waals surface area contributed by atoms with Crippen molar-refractivity contribution in [3.63, 3.8) is 0 Å². The number of hydrogen-bond acceptors (Lipinski definition) is 3. The van der Waals surface area contributed by atoms with Crippen molar-refractivity contribution in [3.8, 4) is 0 Å². The van der Waals surface area contributed by atoms with Gasteiger partial charge in [-0.1, -0.05) is 36.8 Å². The Morgan fingerprint density at radius 1 is 1.00 bits per heavy atom. The number of carbonyl (C=O) groups excluding carboxylic acids is 2. The Kier molecular flexibility index (Phi) is 6.41. The van der Waals surface area contributed by atoms with Crippen molar-refractivity contribution in [1.82, 2.24) is 0 Å². The second kappa shape index (κ2) is 8.53. The van der Waals surface area contributed by atoms with E-state index in [1.165, 1.54) is 11.8 Å². The Morgan fingerprint density at radius 3 is 2.26 bits per heavy atom. The SMILES string of the molecule is CCCC(=O)Nc1ccc(SCC(=O)c2ccc(C)cc2)cc1. The van der Waals surface area contributed by atoms with E-state index in [9.17, 15) is 9.59 Å². The fourth-order valence-corrected chi connectivity index (χ4v) is 2.85. The van der Waals surface area contributed by atoms with Gasteiger partial charge in [-0.2, -0.15) is 0 Å². The fraction of sp³-hybridized carbons (Fsp3) is 0.263. The maximum Gasteiger partial charge on any atom is 0.224 e. The summed E-state index contributed by atoms with van der Waals surface area (Å²) in [7, 11) is 0. The lowest BCUT2D eigenvalue weighted by molar-refractivity contribution is -0.116. The predicted molar refractivity (Wildman–Crippen MR) is 96.2 cm³/mol. The Hall–Kier alpha value is -2.07. The second-order valence-electron chi connectivity index (χ2n) is 5.40. The van der Waals surface area contributed by atoms with Crippen LogP contribution in [0.2, 0.25) is 0 Å². The van der Waals surface area contributed by atoms with E-state index in [1.807, 2.05) is 62.4 Å². The molecule has 0 spiro atoms. The van der Waals surface area contributed by atoms with Gasteiger partial charge in [0.05, 0.1) is 5.75 Å². The number of hydrogen-bond donors (Lipinski definition) is 1. The molecule has 0 saturated heterocycles. The number of ketones is 1. The Balaban J connectivity index is 1.87. The lowest BCUT2D eigenvalue weighted by Crippen LogP contribution is -2.10. The molecular formula is C19H21NO2S. The van der Waals surface area contributed by atoms with Gasteiger partial charge in [0, 0.05) is 22.6 Å². The van der Waals surface area contributed by atoms with Crippen LogP contribution in [0.3, 0.4) is 0 Å². The lowest BCUT2D eigenvalue weighted by Gasteiger charge is -2.06. The third-order valence-corrected chi connectivity index (χ3v) is 4.37. The van der Waals surface area contributed by atoms with Gasteiger partial charge in [0.25, 0.3) is 0 Å². The van der Waals surface area contributed by atoms with Crippen molar-refractivity contribution in [2.24, 2.45) is 0 Å². The Morgan fingerprint density at radius 2 is 1.65 bits per heavy atom. The Labute approximate surface area is 141 Å². The minimum Gasteiger partial charge on any atom is -0.326 e. The smallest absolute Gasteiger partial charge is 0.224 e. The van der Waals surface area contributed by atoms with Crippen molar-refractivity contribution in [2.45, 2.75) is 31.6 Å². The summed E-state index contributed by atoms with van der Waals surface area (Å²) in [5, 5.41) is 2.85. The van der Waals surface area contributed by atoms with Gasteiger partial charge in [0.15, 0.2) is 5.78 Å². The zero-order chi connectivity index (χ0) is 16.7. The molecule has 2 rings (SSSR count). The zero-order valence-corrected chi connectivity index (χ0v) is 14.3. The molecule has 0 unspecified atom stereocenters. The Bertz CT molecular complexity index is 663. The van der Waals surface area contributed by atoms with Crippen molar-refractivity contribution in [2.75, 3.05) is 11.1 Å². The molecule has 4 heteroatoms. The van der Waals surface area contributed by atoms with Crippen LogP contribution in [0.25, 0.3) is 0 Å². The molecule has 2 aromatic rings. The molecule has 0 fully saturated rings. The van der Waals surface area contributed by atoms with Crippen LogP contribution in [0.1, 0.15) is 35.7 Å². The molecular weight excluding hydrogens is 306 g/mol. The molecule has 0 atom stereocenters. The predicted octanol–water partition coefficient (Wildman–Crippen LogP) is 4.71. The number of thioether (sulfide) groups is 1. The number of amides is 1. The molecule has 0 aliphatic carbocycles. The molecule has 1 amide bonds. The average Bonchev–Trinajstić information content (AvgIpc) is 2.55. The highest BCUT2D eigenvalue weighted by molar-refractivity contribution is 8.00. The number of aryl methyl sites for hydroxylation is 1. The van der Waals surface area contributed by atoms with Gasteiger partial charge < -0.3 is 5.32 Å². The number of anilines is 1. The molecule has 2 aromatic carbocycles. The van der Waals surface area contributed by atoms with Crippen LogP contribution < -0.4 is 5.32 Å². The maximum absolute atomic E-state index is 12.1. The first-order chi connectivity index (χ1) is 11.1. The maximum atomic E-state index is 12.1. The minimum atomic E-state index is 0.0300. The van der Waals surface area contributed by atoms with Gasteiger partial charge in [-0.05, 0) is 37.6 Å². The number of Topliss-reactive ketones (excluding diaryl/α,β-unsaturated/α-hetero) is 1. The van der Waals surface area contributed by atoms with E-state index >= 15 is 0 Å². The fourth-order valence-electron chi connectivity index (χ4n) is 2.06. The van der Waals surface area contributed by atoms with Gasteiger partial charge in [0.1, 0.15) is 0 Å². The number of benzene rings is 2. The van der Waals surface area contributed by atoms with Crippen LogP contribution in [0.5, 0.6) is 0 Å².